The fourth-order valence-electron chi connectivity index (χ4n) is 1.43. The molecule has 1 amide bonds. The van der Waals surface area contributed by atoms with Crippen LogP contribution in [0.3, 0.4) is 0 Å². The molecule has 1 aromatic carbocycles. The molecule has 106 valence electrons. The lowest BCUT2D eigenvalue weighted by Crippen LogP contribution is -2.22. The monoisotopic (exact) mass is 304 g/mol. The summed E-state index contributed by atoms with van der Waals surface area (Å²) in [5, 5.41) is 2.67. The van der Waals surface area contributed by atoms with Crippen LogP contribution in [0.2, 0.25) is 0 Å². The molecule has 0 aliphatic heterocycles. The zero-order valence-corrected chi connectivity index (χ0v) is 12.2. The number of amides is 1. The molecule has 1 aromatic rings. The Kier molecular flexibility index (Phi) is 6.11. The highest BCUT2D eigenvalue weighted by Crippen LogP contribution is 2.12. The van der Waals surface area contributed by atoms with Crippen LogP contribution in [0.15, 0.2) is 24.3 Å². The minimum atomic E-state index is -3.38. The van der Waals surface area contributed by atoms with Gasteiger partial charge in [0.05, 0.1) is 5.75 Å². The first-order valence-electron chi connectivity index (χ1n) is 5.93. The highest BCUT2D eigenvalue weighted by atomic mass is 35.5. The minimum Gasteiger partial charge on any atom is -0.352 e. The normalized spacial score (nSPS) is 11.1. The van der Waals surface area contributed by atoms with Crippen molar-refractivity contribution in [1.29, 1.82) is 0 Å². The third-order valence-electron chi connectivity index (χ3n) is 2.30. The largest absolute Gasteiger partial charge is 0.352 e. The zero-order chi connectivity index (χ0) is 14.3. The van der Waals surface area contributed by atoms with Crippen LogP contribution < -0.4 is 10.0 Å². The molecule has 0 atom stereocenters. The van der Waals surface area contributed by atoms with Crippen LogP contribution in [-0.2, 0) is 10.0 Å². The van der Waals surface area contributed by atoms with E-state index in [0.29, 0.717) is 30.1 Å². The fraction of sp³-hybridized carbons (Fsp3) is 0.417. The molecule has 0 aliphatic rings. The average molecular weight is 305 g/mol. The van der Waals surface area contributed by atoms with Gasteiger partial charge in [-0.2, -0.15) is 0 Å². The first kappa shape index (κ1) is 15.8. The van der Waals surface area contributed by atoms with Crippen molar-refractivity contribution in [1.82, 2.24) is 5.32 Å². The van der Waals surface area contributed by atoms with E-state index in [9.17, 15) is 13.2 Å². The highest BCUT2D eigenvalue weighted by Gasteiger charge is 2.10. The smallest absolute Gasteiger partial charge is 0.251 e. The van der Waals surface area contributed by atoms with Crippen LogP contribution in [0, 0.1) is 0 Å². The van der Waals surface area contributed by atoms with Crippen LogP contribution >= 0.6 is 11.6 Å². The summed E-state index contributed by atoms with van der Waals surface area (Å²) in [5.41, 5.74) is 0.924. The molecule has 0 saturated carbocycles. The first-order chi connectivity index (χ1) is 8.98. The molecule has 1 rings (SSSR count). The molecule has 2 N–H and O–H groups in total. The predicted octanol–water partition coefficient (Wildman–Crippen LogP) is 1.81. The van der Waals surface area contributed by atoms with Crippen LogP contribution in [0.4, 0.5) is 5.69 Å². The molecule has 19 heavy (non-hydrogen) atoms. The summed E-state index contributed by atoms with van der Waals surface area (Å²) < 4.78 is 25.7. The van der Waals surface area contributed by atoms with Gasteiger partial charge in [0.25, 0.3) is 5.91 Å². The molecule has 0 spiro atoms. The average Bonchev–Trinajstić information content (AvgIpc) is 2.37. The zero-order valence-electron chi connectivity index (χ0n) is 10.6. The number of nitrogens with one attached hydrogen (secondary N) is 2. The first-order valence-corrected chi connectivity index (χ1v) is 8.12. The number of alkyl halides is 1. The maximum Gasteiger partial charge on any atom is 0.251 e. The van der Waals surface area contributed by atoms with Gasteiger partial charge in [-0.1, -0.05) is 0 Å². The number of benzene rings is 1. The van der Waals surface area contributed by atoms with Gasteiger partial charge in [0.1, 0.15) is 0 Å². The molecule has 0 radical (unpaired) electrons. The van der Waals surface area contributed by atoms with E-state index in [4.69, 9.17) is 11.6 Å². The van der Waals surface area contributed by atoms with Crippen molar-refractivity contribution < 1.29 is 13.2 Å². The summed E-state index contributed by atoms with van der Waals surface area (Å²) in [4.78, 5) is 11.5. The van der Waals surface area contributed by atoms with Gasteiger partial charge in [-0.15, -0.1) is 11.6 Å². The Morgan fingerprint density at radius 3 is 2.42 bits per heavy atom. The van der Waals surface area contributed by atoms with Crippen LogP contribution in [0.25, 0.3) is 0 Å². The Balaban J connectivity index is 2.69. The van der Waals surface area contributed by atoms with Gasteiger partial charge in [0.15, 0.2) is 0 Å². The van der Waals surface area contributed by atoms with Gasteiger partial charge in [0, 0.05) is 23.7 Å². The number of rotatable bonds is 7. The van der Waals surface area contributed by atoms with Crippen molar-refractivity contribution in [3.05, 3.63) is 29.8 Å². The molecule has 0 heterocycles. The van der Waals surface area contributed by atoms with E-state index in [-0.39, 0.29) is 11.7 Å². The summed E-state index contributed by atoms with van der Waals surface area (Å²) in [5.74, 6) is 0.102. The standard InChI is InChI=1S/C12H17ClN2O3S/c1-2-14-12(16)10-4-6-11(7-5-10)15-19(17,18)9-3-8-13/h4-7,15H,2-3,8-9H2,1H3,(H,14,16). The summed E-state index contributed by atoms with van der Waals surface area (Å²) in [6.45, 7) is 2.38. The summed E-state index contributed by atoms with van der Waals surface area (Å²) >= 11 is 5.46. The van der Waals surface area contributed by atoms with Crippen molar-refractivity contribution >= 4 is 33.2 Å². The lowest BCUT2D eigenvalue weighted by molar-refractivity contribution is 0.0956. The third-order valence-corrected chi connectivity index (χ3v) is 3.94. The second kappa shape index (κ2) is 7.35. The van der Waals surface area contributed by atoms with E-state index >= 15 is 0 Å². The Labute approximate surface area is 118 Å². The SMILES string of the molecule is CCNC(=O)c1ccc(NS(=O)(=O)CCCCl)cc1. The molecular weight excluding hydrogens is 288 g/mol. The van der Waals surface area contributed by atoms with Gasteiger partial charge < -0.3 is 5.32 Å². The number of anilines is 1. The van der Waals surface area contributed by atoms with Gasteiger partial charge in [-0.25, -0.2) is 8.42 Å². The minimum absolute atomic E-state index is 0.0193. The molecule has 5 nitrogen and oxygen atoms in total. The van der Waals surface area contributed by atoms with Crippen molar-refractivity contribution in [2.45, 2.75) is 13.3 Å². The van der Waals surface area contributed by atoms with E-state index in [2.05, 4.69) is 10.0 Å². The predicted molar refractivity (Wildman–Crippen MR) is 77.2 cm³/mol. The van der Waals surface area contributed by atoms with E-state index in [1.807, 2.05) is 6.92 Å². The molecule has 0 aromatic heterocycles. The Hall–Kier alpha value is -1.27. The second-order valence-electron chi connectivity index (χ2n) is 3.90. The number of hydrogen-bond acceptors (Lipinski definition) is 3. The summed E-state index contributed by atoms with van der Waals surface area (Å²) in [6.07, 6.45) is 0.397. The van der Waals surface area contributed by atoms with Gasteiger partial charge in [0.2, 0.25) is 10.0 Å². The number of sulfonamides is 1. The van der Waals surface area contributed by atoms with E-state index in [1.165, 1.54) is 0 Å². The fourth-order valence-corrected chi connectivity index (χ4v) is 2.84. The van der Waals surface area contributed by atoms with Crippen molar-refractivity contribution in [3.63, 3.8) is 0 Å². The Morgan fingerprint density at radius 2 is 1.89 bits per heavy atom. The van der Waals surface area contributed by atoms with E-state index < -0.39 is 10.0 Å². The lowest BCUT2D eigenvalue weighted by Gasteiger charge is -2.08. The molecule has 0 aliphatic carbocycles. The molecule has 0 fully saturated rings. The van der Waals surface area contributed by atoms with E-state index in [0.717, 1.165) is 0 Å². The summed E-state index contributed by atoms with van der Waals surface area (Å²) in [6, 6.07) is 6.26. The second-order valence-corrected chi connectivity index (χ2v) is 6.12. The molecular formula is C12H17ClN2O3S. The van der Waals surface area contributed by atoms with Gasteiger partial charge in [-0.3, -0.25) is 9.52 Å². The molecule has 0 saturated heterocycles. The van der Waals surface area contributed by atoms with Crippen LogP contribution in [-0.4, -0.2) is 32.5 Å². The van der Waals surface area contributed by atoms with Crippen molar-refractivity contribution in [2.24, 2.45) is 0 Å². The van der Waals surface area contributed by atoms with Crippen molar-refractivity contribution in [3.8, 4) is 0 Å². The number of hydrogen-bond donors (Lipinski definition) is 2. The lowest BCUT2D eigenvalue weighted by atomic mass is 10.2. The Bertz CT molecular complexity index is 514. The topological polar surface area (TPSA) is 75.3 Å². The van der Waals surface area contributed by atoms with Gasteiger partial charge in [-0.05, 0) is 37.6 Å². The van der Waals surface area contributed by atoms with Gasteiger partial charge >= 0.3 is 0 Å². The maximum absolute atomic E-state index is 11.6. The van der Waals surface area contributed by atoms with Crippen LogP contribution in [0.1, 0.15) is 23.7 Å². The van der Waals surface area contributed by atoms with E-state index in [1.54, 1.807) is 24.3 Å². The Morgan fingerprint density at radius 1 is 1.26 bits per heavy atom. The number of carbonyl (C=O) groups is 1. The summed E-state index contributed by atoms with van der Waals surface area (Å²) in [7, 11) is -3.38. The molecule has 7 heteroatoms. The highest BCUT2D eigenvalue weighted by molar-refractivity contribution is 7.92. The quantitative estimate of drug-likeness (QED) is 0.754. The molecule has 0 bridgehead atoms. The third kappa shape index (κ3) is 5.48. The number of halogens is 1. The molecule has 0 unspecified atom stereocenters. The van der Waals surface area contributed by atoms with Crippen LogP contribution in [0.5, 0.6) is 0 Å². The maximum atomic E-state index is 11.6. The van der Waals surface area contributed by atoms with Crippen molar-refractivity contribution in [2.75, 3.05) is 22.9 Å². The number of carbonyl (C=O) groups excluding carboxylic acids is 1.